The minimum atomic E-state index is 0.631. The summed E-state index contributed by atoms with van der Waals surface area (Å²) in [5.74, 6) is 0.929. The Labute approximate surface area is 91.7 Å². The quantitative estimate of drug-likeness (QED) is 0.799. The Bertz CT molecular complexity index is 507. The van der Waals surface area contributed by atoms with Crippen molar-refractivity contribution < 1.29 is 4.74 Å². The maximum absolute atomic E-state index is 5.65. The summed E-state index contributed by atoms with van der Waals surface area (Å²) in [6, 6.07) is 8.02. The van der Waals surface area contributed by atoms with Crippen LogP contribution in [0.4, 0.5) is 5.13 Å². The van der Waals surface area contributed by atoms with Gasteiger partial charge >= 0.3 is 0 Å². The van der Waals surface area contributed by atoms with Crippen molar-refractivity contribution in [2.24, 2.45) is 0 Å². The topological polar surface area (TPSA) is 34.2 Å². The highest BCUT2D eigenvalue weighted by molar-refractivity contribution is 7.16. The molecule has 2 heterocycles. The number of anilines is 1. The molecule has 0 atom stereocenters. The second-order valence-electron chi connectivity index (χ2n) is 3.33. The van der Waals surface area contributed by atoms with E-state index in [2.05, 4.69) is 10.3 Å². The van der Waals surface area contributed by atoms with Gasteiger partial charge in [0.15, 0.2) is 5.13 Å². The molecule has 0 unspecified atom stereocenters. The van der Waals surface area contributed by atoms with E-state index in [1.807, 2.05) is 31.3 Å². The zero-order valence-corrected chi connectivity index (χ0v) is 9.10. The molecule has 0 saturated carbocycles. The molecule has 76 valence electrons. The van der Waals surface area contributed by atoms with Gasteiger partial charge in [0.25, 0.3) is 0 Å². The van der Waals surface area contributed by atoms with E-state index in [9.17, 15) is 0 Å². The number of benzene rings is 1. The van der Waals surface area contributed by atoms with Crippen LogP contribution >= 0.6 is 11.3 Å². The maximum atomic E-state index is 5.65. The highest BCUT2D eigenvalue weighted by Gasteiger charge is 2.20. The summed E-state index contributed by atoms with van der Waals surface area (Å²) in [6.45, 7) is 0.631. The zero-order chi connectivity index (χ0) is 10.3. The SMILES string of the molecule is CNc1nc2c(s1)COc1ccccc1-2. The van der Waals surface area contributed by atoms with Gasteiger partial charge in [-0.05, 0) is 12.1 Å². The Morgan fingerprint density at radius 1 is 1.40 bits per heavy atom. The van der Waals surface area contributed by atoms with Gasteiger partial charge in [-0.25, -0.2) is 4.98 Å². The minimum Gasteiger partial charge on any atom is -0.487 e. The van der Waals surface area contributed by atoms with Crippen molar-refractivity contribution in [2.45, 2.75) is 6.61 Å². The molecule has 1 aromatic carbocycles. The number of nitrogens with zero attached hydrogens (tertiary/aromatic N) is 1. The largest absolute Gasteiger partial charge is 0.487 e. The number of ether oxygens (including phenoxy) is 1. The molecule has 4 heteroatoms. The first kappa shape index (κ1) is 8.73. The molecule has 2 aromatic rings. The molecular weight excluding hydrogens is 208 g/mol. The van der Waals surface area contributed by atoms with Crippen LogP contribution in [0.2, 0.25) is 0 Å². The number of hydrogen-bond acceptors (Lipinski definition) is 4. The number of rotatable bonds is 1. The van der Waals surface area contributed by atoms with Crippen LogP contribution in [0.15, 0.2) is 24.3 Å². The third kappa shape index (κ3) is 1.29. The monoisotopic (exact) mass is 218 g/mol. The maximum Gasteiger partial charge on any atom is 0.183 e. The van der Waals surface area contributed by atoms with Crippen LogP contribution in [-0.4, -0.2) is 12.0 Å². The smallest absolute Gasteiger partial charge is 0.183 e. The Morgan fingerprint density at radius 3 is 3.13 bits per heavy atom. The molecule has 3 rings (SSSR count). The number of aromatic nitrogens is 1. The Balaban J connectivity index is 2.20. The third-order valence-electron chi connectivity index (χ3n) is 2.41. The lowest BCUT2D eigenvalue weighted by molar-refractivity contribution is 0.305. The fourth-order valence-electron chi connectivity index (χ4n) is 1.70. The van der Waals surface area contributed by atoms with Gasteiger partial charge in [0.05, 0.1) is 10.6 Å². The van der Waals surface area contributed by atoms with Crippen LogP contribution in [0.5, 0.6) is 5.75 Å². The summed E-state index contributed by atoms with van der Waals surface area (Å²) in [5.41, 5.74) is 2.16. The number of nitrogens with one attached hydrogen (secondary N) is 1. The lowest BCUT2D eigenvalue weighted by Gasteiger charge is -2.15. The molecular formula is C11H10N2OS. The summed E-state index contributed by atoms with van der Waals surface area (Å²) in [6.07, 6.45) is 0. The van der Waals surface area contributed by atoms with Gasteiger partial charge in [0.1, 0.15) is 12.4 Å². The molecule has 15 heavy (non-hydrogen) atoms. The summed E-state index contributed by atoms with van der Waals surface area (Å²) in [5, 5.41) is 4.01. The van der Waals surface area contributed by atoms with E-state index in [0.717, 1.165) is 22.1 Å². The predicted octanol–water partition coefficient (Wildman–Crippen LogP) is 2.74. The van der Waals surface area contributed by atoms with E-state index in [4.69, 9.17) is 4.74 Å². The van der Waals surface area contributed by atoms with E-state index in [-0.39, 0.29) is 0 Å². The van der Waals surface area contributed by atoms with Gasteiger partial charge in [-0.2, -0.15) is 0 Å². The first-order chi connectivity index (χ1) is 7.38. The van der Waals surface area contributed by atoms with Crippen molar-refractivity contribution in [3.63, 3.8) is 0 Å². The highest BCUT2D eigenvalue weighted by atomic mass is 32.1. The minimum absolute atomic E-state index is 0.631. The lowest BCUT2D eigenvalue weighted by atomic mass is 10.1. The van der Waals surface area contributed by atoms with Gasteiger partial charge in [0, 0.05) is 12.6 Å². The van der Waals surface area contributed by atoms with E-state index in [1.165, 1.54) is 4.88 Å². The summed E-state index contributed by atoms with van der Waals surface area (Å²) < 4.78 is 5.65. The normalized spacial score (nSPS) is 12.6. The molecule has 0 bridgehead atoms. The van der Waals surface area contributed by atoms with E-state index < -0.39 is 0 Å². The summed E-state index contributed by atoms with van der Waals surface area (Å²) in [4.78, 5) is 5.73. The average molecular weight is 218 g/mol. The molecule has 0 fully saturated rings. The van der Waals surface area contributed by atoms with Crippen molar-refractivity contribution >= 4 is 16.5 Å². The lowest BCUT2D eigenvalue weighted by Crippen LogP contribution is -2.02. The predicted molar refractivity (Wildman–Crippen MR) is 61.4 cm³/mol. The van der Waals surface area contributed by atoms with E-state index >= 15 is 0 Å². The van der Waals surface area contributed by atoms with Crippen molar-refractivity contribution in [3.05, 3.63) is 29.1 Å². The van der Waals surface area contributed by atoms with Crippen LogP contribution < -0.4 is 10.1 Å². The second kappa shape index (κ2) is 3.24. The van der Waals surface area contributed by atoms with E-state index in [1.54, 1.807) is 11.3 Å². The number of fused-ring (bicyclic) bond motifs is 3. The fraction of sp³-hybridized carbons (Fsp3) is 0.182. The van der Waals surface area contributed by atoms with Crippen molar-refractivity contribution in [1.82, 2.24) is 4.98 Å². The molecule has 0 spiro atoms. The van der Waals surface area contributed by atoms with Crippen molar-refractivity contribution in [3.8, 4) is 17.0 Å². The van der Waals surface area contributed by atoms with Gasteiger partial charge in [-0.3, -0.25) is 0 Å². The number of para-hydroxylation sites is 1. The molecule has 1 N–H and O–H groups in total. The summed E-state index contributed by atoms with van der Waals surface area (Å²) in [7, 11) is 1.89. The van der Waals surface area contributed by atoms with Crippen molar-refractivity contribution in [1.29, 1.82) is 0 Å². The zero-order valence-electron chi connectivity index (χ0n) is 8.28. The van der Waals surface area contributed by atoms with Crippen molar-refractivity contribution in [2.75, 3.05) is 12.4 Å². The molecule has 0 amide bonds. The molecule has 1 aromatic heterocycles. The molecule has 0 aliphatic carbocycles. The van der Waals surface area contributed by atoms with Crippen LogP contribution in [0.3, 0.4) is 0 Å². The van der Waals surface area contributed by atoms with Gasteiger partial charge < -0.3 is 10.1 Å². The van der Waals surface area contributed by atoms with Gasteiger partial charge in [0.2, 0.25) is 0 Å². The molecule has 1 aliphatic heterocycles. The van der Waals surface area contributed by atoms with Crippen LogP contribution in [-0.2, 0) is 6.61 Å². The molecule has 0 saturated heterocycles. The van der Waals surface area contributed by atoms with Crippen LogP contribution in [0.1, 0.15) is 4.88 Å². The first-order valence-electron chi connectivity index (χ1n) is 4.78. The highest BCUT2D eigenvalue weighted by Crippen LogP contribution is 2.40. The Hall–Kier alpha value is -1.55. The summed E-state index contributed by atoms with van der Waals surface area (Å²) >= 11 is 1.65. The molecule has 3 nitrogen and oxygen atoms in total. The van der Waals surface area contributed by atoms with Crippen LogP contribution in [0.25, 0.3) is 11.3 Å². The average Bonchev–Trinajstić information content (AvgIpc) is 2.72. The third-order valence-corrected chi connectivity index (χ3v) is 3.46. The van der Waals surface area contributed by atoms with E-state index in [0.29, 0.717) is 6.61 Å². The van der Waals surface area contributed by atoms with Crippen LogP contribution in [0, 0.1) is 0 Å². The standard InChI is InChI=1S/C11H10N2OS/c1-12-11-13-10-7-4-2-3-5-8(7)14-6-9(10)15-11/h2-5H,6H2,1H3,(H,12,13). The number of hydrogen-bond donors (Lipinski definition) is 1. The fourth-order valence-corrected chi connectivity index (χ4v) is 2.54. The second-order valence-corrected chi connectivity index (χ2v) is 4.41. The first-order valence-corrected chi connectivity index (χ1v) is 5.60. The Kier molecular flexibility index (Phi) is 1.89. The molecule has 0 radical (unpaired) electrons. The van der Waals surface area contributed by atoms with Gasteiger partial charge in [-0.15, -0.1) is 0 Å². The molecule has 1 aliphatic rings. The van der Waals surface area contributed by atoms with Gasteiger partial charge in [-0.1, -0.05) is 23.5 Å². The number of thiazole rings is 1. The Morgan fingerprint density at radius 2 is 2.27 bits per heavy atom.